The first-order valence-corrected chi connectivity index (χ1v) is 9.08. The topological polar surface area (TPSA) is 90.0 Å². The molecule has 0 aliphatic heterocycles. The Labute approximate surface area is 127 Å². The van der Waals surface area contributed by atoms with E-state index in [9.17, 15) is 8.42 Å². The van der Waals surface area contributed by atoms with Gasteiger partial charge in [-0.3, -0.25) is 4.68 Å². The maximum atomic E-state index is 12.3. The lowest BCUT2D eigenvalue weighted by atomic mass is 9.81. The molecule has 1 aliphatic carbocycles. The van der Waals surface area contributed by atoms with Gasteiger partial charge in [0.15, 0.2) is 5.82 Å². The molecule has 0 bridgehead atoms. The van der Waals surface area contributed by atoms with E-state index in [1.54, 1.807) is 14.0 Å². The molecule has 1 aromatic rings. The van der Waals surface area contributed by atoms with E-state index in [1.165, 1.54) is 30.4 Å². The van der Waals surface area contributed by atoms with Crippen LogP contribution in [0.4, 0.5) is 5.82 Å². The molecule has 0 saturated heterocycles. The number of nitrogens with two attached hydrogens (primary N) is 1. The van der Waals surface area contributed by atoms with Crippen LogP contribution in [0.3, 0.4) is 0 Å². The van der Waals surface area contributed by atoms with Crippen molar-refractivity contribution in [2.24, 2.45) is 18.9 Å². The van der Waals surface area contributed by atoms with Crippen LogP contribution in [-0.2, 0) is 17.1 Å². The van der Waals surface area contributed by atoms with Gasteiger partial charge in [0.05, 0.1) is 5.69 Å². The van der Waals surface area contributed by atoms with E-state index in [2.05, 4.69) is 16.7 Å². The first-order valence-electron chi connectivity index (χ1n) is 7.60. The highest BCUT2D eigenvalue weighted by Gasteiger charge is 2.25. The van der Waals surface area contributed by atoms with Gasteiger partial charge in [-0.05, 0) is 31.6 Å². The molecule has 3 N–H and O–H groups in total. The summed E-state index contributed by atoms with van der Waals surface area (Å²) in [4.78, 5) is 0.113. The Morgan fingerprint density at radius 2 is 2.14 bits per heavy atom. The quantitative estimate of drug-likeness (QED) is 0.867. The highest BCUT2D eigenvalue weighted by atomic mass is 32.2. The van der Waals surface area contributed by atoms with Crippen molar-refractivity contribution in [3.8, 4) is 0 Å². The highest BCUT2D eigenvalue weighted by Crippen LogP contribution is 2.30. The minimum absolute atomic E-state index is 0.0637. The van der Waals surface area contributed by atoms with Gasteiger partial charge in [0, 0.05) is 13.6 Å². The molecule has 2 unspecified atom stereocenters. The third-order valence-corrected chi connectivity index (χ3v) is 6.09. The lowest BCUT2D eigenvalue weighted by Crippen LogP contribution is -2.28. The summed E-state index contributed by atoms with van der Waals surface area (Å²) in [5.74, 6) is 1.45. The van der Waals surface area contributed by atoms with Crippen molar-refractivity contribution in [1.82, 2.24) is 14.5 Å². The fourth-order valence-corrected chi connectivity index (χ4v) is 4.61. The van der Waals surface area contributed by atoms with Crippen molar-refractivity contribution in [2.45, 2.75) is 50.8 Å². The average molecular weight is 314 g/mol. The van der Waals surface area contributed by atoms with E-state index in [1.807, 2.05) is 0 Å². The summed E-state index contributed by atoms with van der Waals surface area (Å²) in [6, 6.07) is 0. The van der Waals surface area contributed by atoms with Gasteiger partial charge < -0.3 is 5.73 Å². The van der Waals surface area contributed by atoms with Crippen molar-refractivity contribution >= 4 is 15.8 Å². The van der Waals surface area contributed by atoms with E-state index in [0.29, 0.717) is 18.2 Å². The Kier molecular flexibility index (Phi) is 4.93. The maximum Gasteiger partial charge on any atom is 0.246 e. The zero-order valence-electron chi connectivity index (χ0n) is 13.1. The van der Waals surface area contributed by atoms with E-state index >= 15 is 0 Å². The van der Waals surface area contributed by atoms with E-state index in [-0.39, 0.29) is 10.7 Å². The van der Waals surface area contributed by atoms with Gasteiger partial charge in [-0.1, -0.05) is 26.2 Å². The maximum absolute atomic E-state index is 12.3. The molecule has 120 valence electrons. The van der Waals surface area contributed by atoms with Crippen molar-refractivity contribution in [1.29, 1.82) is 0 Å². The van der Waals surface area contributed by atoms with Crippen molar-refractivity contribution in [3.05, 3.63) is 5.69 Å². The number of anilines is 1. The van der Waals surface area contributed by atoms with Crippen LogP contribution < -0.4 is 10.5 Å². The second-order valence-electron chi connectivity index (χ2n) is 6.25. The van der Waals surface area contributed by atoms with Crippen molar-refractivity contribution < 1.29 is 8.42 Å². The molecule has 6 nitrogen and oxygen atoms in total. The molecule has 0 spiro atoms. The summed E-state index contributed by atoms with van der Waals surface area (Å²) in [5.41, 5.74) is 6.27. The number of aryl methyl sites for hydroxylation is 1. The summed E-state index contributed by atoms with van der Waals surface area (Å²) in [7, 11) is -1.88. The third kappa shape index (κ3) is 3.77. The number of nitrogen functional groups attached to an aromatic ring is 1. The molecule has 7 heteroatoms. The molecule has 21 heavy (non-hydrogen) atoms. The molecule has 0 radical (unpaired) electrons. The van der Waals surface area contributed by atoms with Gasteiger partial charge in [0.1, 0.15) is 4.90 Å². The Balaban J connectivity index is 1.95. The normalized spacial score (nSPS) is 23.4. The lowest BCUT2D eigenvalue weighted by Gasteiger charge is -2.26. The standard InChI is InChI=1S/C14H26N4O2S/c1-10-5-4-6-12(9-10)7-8-16-21(19,20)13-11(2)18(3)17-14(13)15/h10,12,16H,4-9H2,1-3H3,(H2,15,17). The summed E-state index contributed by atoms with van der Waals surface area (Å²) < 4.78 is 28.9. The smallest absolute Gasteiger partial charge is 0.246 e. The molecule has 1 aromatic heterocycles. The molecule has 0 aromatic carbocycles. The predicted molar refractivity (Wildman–Crippen MR) is 83.3 cm³/mol. The summed E-state index contributed by atoms with van der Waals surface area (Å²) in [6.45, 7) is 4.45. The van der Waals surface area contributed by atoms with Crippen LogP contribution in [0, 0.1) is 18.8 Å². The molecule has 1 saturated carbocycles. The molecular formula is C14H26N4O2S. The highest BCUT2D eigenvalue weighted by molar-refractivity contribution is 7.89. The number of hydrogen-bond acceptors (Lipinski definition) is 4. The Morgan fingerprint density at radius 1 is 1.43 bits per heavy atom. The van der Waals surface area contributed by atoms with Crippen LogP contribution in [0.5, 0.6) is 0 Å². The first kappa shape index (κ1) is 16.3. The largest absolute Gasteiger partial charge is 0.381 e. The predicted octanol–water partition coefficient (Wildman–Crippen LogP) is 1.81. The minimum Gasteiger partial charge on any atom is -0.381 e. The summed E-state index contributed by atoms with van der Waals surface area (Å²) in [5, 5.41) is 3.96. The summed E-state index contributed by atoms with van der Waals surface area (Å²) >= 11 is 0. The van der Waals surface area contributed by atoms with E-state index in [0.717, 1.165) is 12.3 Å². The fraction of sp³-hybridized carbons (Fsp3) is 0.786. The van der Waals surface area contributed by atoms with E-state index < -0.39 is 10.0 Å². The monoisotopic (exact) mass is 314 g/mol. The van der Waals surface area contributed by atoms with Gasteiger partial charge >= 0.3 is 0 Å². The van der Waals surface area contributed by atoms with Gasteiger partial charge in [0.2, 0.25) is 10.0 Å². The average Bonchev–Trinajstić information content (AvgIpc) is 2.63. The Bertz CT molecular complexity index is 594. The van der Waals surface area contributed by atoms with Crippen LogP contribution in [0.15, 0.2) is 4.90 Å². The number of nitrogens with one attached hydrogen (secondary N) is 1. The Morgan fingerprint density at radius 3 is 2.71 bits per heavy atom. The molecule has 2 rings (SSSR count). The van der Waals surface area contributed by atoms with Crippen molar-refractivity contribution in [3.63, 3.8) is 0 Å². The molecule has 1 heterocycles. The van der Waals surface area contributed by atoms with E-state index in [4.69, 9.17) is 5.73 Å². The van der Waals surface area contributed by atoms with Gasteiger partial charge in [-0.15, -0.1) is 0 Å². The zero-order valence-corrected chi connectivity index (χ0v) is 13.9. The fourth-order valence-electron chi connectivity index (χ4n) is 3.24. The summed E-state index contributed by atoms with van der Waals surface area (Å²) in [6.07, 6.45) is 5.86. The molecule has 1 fully saturated rings. The SMILES string of the molecule is Cc1c(S(=O)(=O)NCCC2CCCC(C)C2)c(N)nn1C. The van der Waals surface area contributed by atoms with Gasteiger partial charge in [-0.25, -0.2) is 13.1 Å². The Hall–Kier alpha value is -1.08. The number of rotatable bonds is 5. The van der Waals surface area contributed by atoms with Crippen LogP contribution in [-0.4, -0.2) is 24.7 Å². The molecule has 2 atom stereocenters. The number of hydrogen-bond donors (Lipinski definition) is 2. The molecular weight excluding hydrogens is 288 g/mol. The van der Waals surface area contributed by atoms with Crippen LogP contribution in [0.1, 0.15) is 44.7 Å². The second-order valence-corrected chi connectivity index (χ2v) is 7.95. The van der Waals surface area contributed by atoms with Crippen LogP contribution in [0.2, 0.25) is 0 Å². The van der Waals surface area contributed by atoms with Gasteiger partial charge in [-0.2, -0.15) is 5.10 Å². The van der Waals surface area contributed by atoms with Gasteiger partial charge in [0.25, 0.3) is 0 Å². The number of nitrogens with zero attached hydrogens (tertiary/aromatic N) is 2. The second kappa shape index (κ2) is 6.36. The first-order chi connectivity index (χ1) is 9.81. The lowest BCUT2D eigenvalue weighted by molar-refractivity contribution is 0.271. The molecule has 1 aliphatic rings. The van der Waals surface area contributed by atoms with Crippen LogP contribution >= 0.6 is 0 Å². The molecule has 0 amide bonds. The zero-order chi connectivity index (χ0) is 15.6. The number of aromatic nitrogens is 2. The minimum atomic E-state index is -3.57. The van der Waals surface area contributed by atoms with Crippen LogP contribution in [0.25, 0.3) is 0 Å². The number of sulfonamides is 1. The third-order valence-electron chi connectivity index (χ3n) is 4.46. The van der Waals surface area contributed by atoms with Crippen molar-refractivity contribution in [2.75, 3.05) is 12.3 Å².